The molecule has 0 saturated heterocycles. The first kappa shape index (κ1) is 11.5. The zero-order chi connectivity index (χ0) is 10.4. The van der Waals surface area contributed by atoms with Crippen molar-refractivity contribution in [2.75, 3.05) is 0 Å². The first-order valence-electron chi connectivity index (χ1n) is 4.64. The van der Waals surface area contributed by atoms with Gasteiger partial charge in [0.2, 0.25) is 6.49 Å². The van der Waals surface area contributed by atoms with E-state index in [0.29, 0.717) is 5.92 Å². The summed E-state index contributed by atoms with van der Waals surface area (Å²) in [6, 6.07) is 0. The van der Waals surface area contributed by atoms with Crippen LogP contribution < -0.4 is 0 Å². The minimum Gasteiger partial charge on any atom is -0.342 e. The first-order valence-corrected chi connectivity index (χ1v) is 9.64. The summed E-state index contributed by atoms with van der Waals surface area (Å²) in [7, 11) is -2.08. The molecule has 0 spiro atoms. The van der Waals surface area contributed by atoms with Crippen LogP contribution in [0.25, 0.3) is 0 Å². The molecular formula is C7H13O3P2S2+. The highest BCUT2D eigenvalue weighted by Crippen LogP contribution is 2.72. The fraction of sp³-hybridized carbons (Fsp3) is 1.00. The van der Waals surface area contributed by atoms with E-state index in [2.05, 4.69) is 12.2 Å². The number of hydrogen-bond acceptors (Lipinski definition) is 3. The fourth-order valence-electron chi connectivity index (χ4n) is 2.74. The SMILES string of the molecule is O=[P+](S)OP(O)(=S)C12CCC(CC1)C2. The average Bonchev–Trinajstić information content (AvgIpc) is 2.60. The van der Waals surface area contributed by atoms with Crippen molar-refractivity contribution in [1.82, 2.24) is 0 Å². The molecule has 0 aromatic carbocycles. The van der Waals surface area contributed by atoms with Crippen LogP contribution in [-0.4, -0.2) is 10.0 Å². The lowest BCUT2D eigenvalue weighted by Crippen LogP contribution is -2.22. The fourth-order valence-corrected chi connectivity index (χ4v) is 8.21. The molecule has 0 aliphatic heterocycles. The second-order valence-corrected chi connectivity index (χ2v) is 9.79. The van der Waals surface area contributed by atoms with Crippen molar-refractivity contribution >= 4 is 37.8 Å². The van der Waals surface area contributed by atoms with Crippen LogP contribution in [0.5, 0.6) is 0 Å². The summed E-state index contributed by atoms with van der Waals surface area (Å²) < 4.78 is 15.9. The largest absolute Gasteiger partial charge is 0.588 e. The van der Waals surface area contributed by atoms with Crippen LogP contribution in [0.1, 0.15) is 32.1 Å². The molecule has 80 valence electrons. The zero-order valence-electron chi connectivity index (χ0n) is 7.63. The van der Waals surface area contributed by atoms with E-state index in [0.717, 1.165) is 32.1 Å². The average molecular weight is 271 g/mol. The van der Waals surface area contributed by atoms with Crippen molar-refractivity contribution in [3.8, 4) is 0 Å². The van der Waals surface area contributed by atoms with Crippen LogP contribution in [0.15, 0.2) is 0 Å². The molecule has 0 radical (unpaired) electrons. The van der Waals surface area contributed by atoms with Gasteiger partial charge < -0.3 is 4.89 Å². The monoisotopic (exact) mass is 271 g/mol. The Bertz CT molecular complexity index is 312. The minimum absolute atomic E-state index is 0.235. The van der Waals surface area contributed by atoms with Crippen molar-refractivity contribution in [1.29, 1.82) is 0 Å². The van der Waals surface area contributed by atoms with Gasteiger partial charge in [-0.15, -0.1) is 0 Å². The molecule has 2 saturated carbocycles. The summed E-state index contributed by atoms with van der Waals surface area (Å²) in [5, 5.41) is -0.235. The minimum atomic E-state index is -2.91. The highest BCUT2D eigenvalue weighted by molar-refractivity contribution is 8.40. The van der Waals surface area contributed by atoms with E-state index in [-0.39, 0.29) is 5.16 Å². The molecule has 2 atom stereocenters. The Hall–Kier alpha value is 1.02. The third-order valence-corrected chi connectivity index (χ3v) is 9.18. The van der Waals surface area contributed by atoms with Crippen LogP contribution in [0.4, 0.5) is 0 Å². The number of rotatable bonds is 3. The Kier molecular flexibility index (Phi) is 3.12. The Balaban J connectivity index is 2.20. The summed E-state index contributed by atoms with van der Waals surface area (Å²) in [5.41, 5.74) is 0. The molecule has 2 fully saturated rings. The first-order chi connectivity index (χ1) is 6.45. The van der Waals surface area contributed by atoms with Gasteiger partial charge in [0.1, 0.15) is 12.2 Å². The highest BCUT2D eigenvalue weighted by atomic mass is 32.7. The summed E-state index contributed by atoms with van der Waals surface area (Å²) in [5.74, 6) is 0.700. The molecule has 2 rings (SSSR count). The molecule has 2 aliphatic rings. The number of hydrogen-bond donors (Lipinski definition) is 2. The summed E-state index contributed by atoms with van der Waals surface area (Å²) in [6.45, 7) is -2.91. The van der Waals surface area contributed by atoms with Crippen molar-refractivity contribution in [3.05, 3.63) is 0 Å². The molecule has 14 heavy (non-hydrogen) atoms. The summed E-state index contributed by atoms with van der Waals surface area (Å²) >= 11 is 8.79. The molecule has 2 unspecified atom stereocenters. The van der Waals surface area contributed by atoms with Gasteiger partial charge in [0.25, 0.3) is 0 Å². The molecule has 2 bridgehead atoms. The molecule has 0 amide bonds. The van der Waals surface area contributed by atoms with Crippen molar-refractivity contribution in [3.63, 3.8) is 0 Å². The van der Waals surface area contributed by atoms with E-state index in [9.17, 15) is 9.46 Å². The van der Waals surface area contributed by atoms with Gasteiger partial charge in [-0.05, 0) is 54.4 Å². The third kappa shape index (κ3) is 1.83. The lowest BCUT2D eigenvalue weighted by Gasteiger charge is -2.30. The van der Waals surface area contributed by atoms with Gasteiger partial charge in [-0.25, -0.2) is 0 Å². The van der Waals surface area contributed by atoms with Crippen molar-refractivity contribution in [2.24, 2.45) is 5.92 Å². The van der Waals surface area contributed by atoms with E-state index in [1.54, 1.807) is 0 Å². The Morgan fingerprint density at radius 1 is 1.57 bits per heavy atom. The van der Waals surface area contributed by atoms with Gasteiger partial charge in [-0.3, -0.25) is 0 Å². The van der Waals surface area contributed by atoms with Crippen LogP contribution >= 0.6 is 26.0 Å². The molecule has 0 aromatic rings. The lowest BCUT2D eigenvalue weighted by atomic mass is 10.0. The van der Waals surface area contributed by atoms with Gasteiger partial charge in [-0.1, -0.05) is 4.31 Å². The quantitative estimate of drug-likeness (QED) is 0.611. The van der Waals surface area contributed by atoms with Gasteiger partial charge >= 0.3 is 7.23 Å². The highest BCUT2D eigenvalue weighted by Gasteiger charge is 2.56. The van der Waals surface area contributed by atoms with Crippen molar-refractivity contribution in [2.45, 2.75) is 37.3 Å². The van der Waals surface area contributed by atoms with Crippen LogP contribution in [0.3, 0.4) is 0 Å². The van der Waals surface area contributed by atoms with E-state index >= 15 is 0 Å². The van der Waals surface area contributed by atoms with Crippen LogP contribution in [0, 0.1) is 5.92 Å². The molecule has 2 aliphatic carbocycles. The Morgan fingerprint density at radius 2 is 2.14 bits per heavy atom. The summed E-state index contributed by atoms with van der Waals surface area (Å²) in [4.78, 5) is 10.1. The predicted octanol–water partition coefficient (Wildman–Crippen LogP) is 3.22. The van der Waals surface area contributed by atoms with Gasteiger partial charge in [0.05, 0.1) is 5.16 Å². The van der Waals surface area contributed by atoms with E-state index in [1.807, 2.05) is 0 Å². The molecule has 7 heteroatoms. The molecule has 1 N–H and O–H groups in total. The van der Waals surface area contributed by atoms with E-state index < -0.39 is 13.7 Å². The maximum atomic E-state index is 10.9. The second kappa shape index (κ2) is 3.80. The lowest BCUT2D eigenvalue weighted by molar-refractivity contribution is 0.414. The normalized spacial score (nSPS) is 41.0. The molecule has 0 aromatic heterocycles. The van der Waals surface area contributed by atoms with E-state index in [4.69, 9.17) is 16.1 Å². The maximum Gasteiger partial charge on any atom is 0.588 e. The Morgan fingerprint density at radius 3 is 2.50 bits per heavy atom. The number of fused-ring (bicyclic) bond motifs is 2. The van der Waals surface area contributed by atoms with Gasteiger partial charge in [0, 0.05) is 0 Å². The Labute approximate surface area is 94.8 Å². The van der Waals surface area contributed by atoms with Gasteiger partial charge in [-0.2, -0.15) is 0 Å². The molecule has 0 heterocycles. The van der Waals surface area contributed by atoms with Gasteiger partial charge in [0.15, 0.2) is 0 Å². The molecular weight excluding hydrogens is 258 g/mol. The van der Waals surface area contributed by atoms with E-state index in [1.165, 1.54) is 0 Å². The maximum absolute atomic E-state index is 10.9. The second-order valence-electron chi connectivity index (χ2n) is 4.21. The predicted molar refractivity (Wildman–Crippen MR) is 63.5 cm³/mol. The topological polar surface area (TPSA) is 46.5 Å². The van der Waals surface area contributed by atoms with Crippen LogP contribution in [0.2, 0.25) is 0 Å². The molecule has 3 nitrogen and oxygen atoms in total. The number of thiol groups is 1. The third-order valence-electron chi connectivity index (χ3n) is 3.48. The smallest absolute Gasteiger partial charge is 0.342 e. The zero-order valence-corrected chi connectivity index (χ0v) is 11.1. The van der Waals surface area contributed by atoms with Crippen molar-refractivity contribution < 1.29 is 13.8 Å². The standard InChI is InChI=1S/C7H12O3P2S2/c8-11(13)10-12(9,14)7-3-1-6(5-7)2-4-7/h6H,1-5H2,(H-,8,9,13,14)/p+1. The summed E-state index contributed by atoms with van der Waals surface area (Å²) in [6.07, 6.45) is 5.08. The van der Waals surface area contributed by atoms with Crippen LogP contribution in [-0.2, 0) is 20.7 Å².